The lowest BCUT2D eigenvalue weighted by molar-refractivity contribution is 0.235. The van der Waals surface area contributed by atoms with E-state index < -0.39 is 0 Å². The highest BCUT2D eigenvalue weighted by atomic mass is 79.9. The van der Waals surface area contributed by atoms with E-state index >= 15 is 0 Å². The van der Waals surface area contributed by atoms with Crippen molar-refractivity contribution in [3.63, 3.8) is 0 Å². The summed E-state index contributed by atoms with van der Waals surface area (Å²) in [6, 6.07) is 3.71. The van der Waals surface area contributed by atoms with Gasteiger partial charge >= 0.3 is 0 Å². The third-order valence-corrected chi connectivity index (χ3v) is 8.31. The van der Waals surface area contributed by atoms with Crippen LogP contribution in [-0.4, -0.2) is 13.9 Å². The summed E-state index contributed by atoms with van der Waals surface area (Å²) in [5.74, 6) is 0.735. The van der Waals surface area contributed by atoms with Gasteiger partial charge in [-0.25, -0.2) is 5.10 Å². The molecule has 198 valence electrons. The first-order valence-electron chi connectivity index (χ1n) is 14.3. The lowest BCUT2D eigenvalue weighted by Crippen LogP contribution is -2.32. The number of aromatic amines is 1. The molecule has 0 aliphatic carbocycles. The van der Waals surface area contributed by atoms with Gasteiger partial charge in [0, 0.05) is 11.5 Å². The van der Waals surface area contributed by atoms with Gasteiger partial charge in [0.05, 0.1) is 9.43 Å². The van der Waals surface area contributed by atoms with Crippen LogP contribution in [0.1, 0.15) is 148 Å². The van der Waals surface area contributed by atoms with Crippen molar-refractivity contribution >= 4 is 31.9 Å². The summed E-state index contributed by atoms with van der Waals surface area (Å²) in [7, 11) is 0. The topological polar surface area (TPSA) is 45.8 Å². The van der Waals surface area contributed by atoms with E-state index in [-0.39, 0.29) is 11.0 Å². The third-order valence-electron chi connectivity index (χ3n) is 7.39. The van der Waals surface area contributed by atoms with E-state index in [4.69, 9.17) is 0 Å². The van der Waals surface area contributed by atoms with Crippen LogP contribution in [0.2, 0.25) is 0 Å². The summed E-state index contributed by atoms with van der Waals surface area (Å²) >= 11 is 7.25. The molecule has 0 aliphatic rings. The standard InChI is InChI=1S/C29H52Br2N2O/c1-4-7-9-10-11-12-13-16-23-29(22-6-3,26-20-21-28(34)33-32-26)24-25(17-8-5-2)18-14-15-19-27(30)31/h20-21,25,27H,4-19,22-24H2,1-3H3,(H,33,34). The van der Waals surface area contributed by atoms with Gasteiger partial charge in [-0.3, -0.25) is 4.79 Å². The van der Waals surface area contributed by atoms with Crippen LogP contribution in [0.3, 0.4) is 0 Å². The van der Waals surface area contributed by atoms with Gasteiger partial charge in [-0.2, -0.15) is 5.10 Å². The third kappa shape index (κ3) is 13.8. The fourth-order valence-corrected chi connectivity index (χ4v) is 6.18. The number of H-pyrrole nitrogens is 1. The minimum Gasteiger partial charge on any atom is -0.268 e. The highest BCUT2D eigenvalue weighted by Crippen LogP contribution is 2.42. The summed E-state index contributed by atoms with van der Waals surface area (Å²) in [4.78, 5) is 11.8. The van der Waals surface area contributed by atoms with Crippen LogP contribution in [-0.2, 0) is 5.41 Å². The SMILES string of the molecule is CCCCCCCCCCC(CCC)(CC(CCCC)CCCCC(Br)Br)c1ccc(=O)[nH]n1. The number of unbranched alkanes of at least 4 members (excludes halogenated alkanes) is 9. The molecule has 1 N–H and O–H groups in total. The van der Waals surface area contributed by atoms with Crippen molar-refractivity contribution in [2.45, 2.75) is 152 Å². The zero-order valence-electron chi connectivity index (χ0n) is 22.4. The Balaban J connectivity index is 2.90. The molecule has 0 aromatic carbocycles. The molecule has 0 saturated heterocycles. The number of hydrogen-bond acceptors (Lipinski definition) is 2. The summed E-state index contributed by atoms with van der Waals surface area (Å²) in [5.41, 5.74) is 1.12. The van der Waals surface area contributed by atoms with Crippen molar-refractivity contribution in [1.29, 1.82) is 0 Å². The maximum Gasteiger partial charge on any atom is 0.264 e. The molecule has 3 nitrogen and oxygen atoms in total. The minimum atomic E-state index is -0.0946. The Bertz CT molecular complexity index is 643. The first-order valence-corrected chi connectivity index (χ1v) is 16.1. The van der Waals surface area contributed by atoms with Crippen molar-refractivity contribution in [3.8, 4) is 0 Å². The van der Waals surface area contributed by atoms with Gasteiger partial charge in [0.15, 0.2) is 0 Å². The molecule has 2 atom stereocenters. The zero-order valence-corrected chi connectivity index (χ0v) is 25.5. The summed E-state index contributed by atoms with van der Waals surface area (Å²) in [5, 5.41) is 7.38. The second-order valence-electron chi connectivity index (χ2n) is 10.4. The highest BCUT2D eigenvalue weighted by Gasteiger charge is 2.35. The molecule has 1 heterocycles. The number of alkyl halides is 2. The fourth-order valence-electron chi connectivity index (χ4n) is 5.53. The molecule has 0 spiro atoms. The van der Waals surface area contributed by atoms with Crippen LogP contribution in [0.15, 0.2) is 16.9 Å². The zero-order chi connectivity index (χ0) is 25.1. The van der Waals surface area contributed by atoms with Gasteiger partial charge in [-0.1, -0.05) is 149 Å². The Morgan fingerprint density at radius 1 is 0.765 bits per heavy atom. The van der Waals surface area contributed by atoms with Crippen molar-refractivity contribution in [1.82, 2.24) is 10.2 Å². The quantitative estimate of drug-likeness (QED) is 0.106. The molecule has 1 aromatic heterocycles. The van der Waals surface area contributed by atoms with Gasteiger partial charge in [0.1, 0.15) is 0 Å². The molecule has 0 amide bonds. The van der Waals surface area contributed by atoms with Crippen LogP contribution >= 0.6 is 31.9 Å². The maximum absolute atomic E-state index is 11.8. The summed E-state index contributed by atoms with van der Waals surface area (Å²) in [6.45, 7) is 6.90. The Labute approximate surface area is 227 Å². The average molecular weight is 605 g/mol. The molecule has 2 unspecified atom stereocenters. The van der Waals surface area contributed by atoms with Gasteiger partial charge in [0.25, 0.3) is 5.56 Å². The molecular formula is C29H52Br2N2O. The lowest BCUT2D eigenvalue weighted by atomic mass is 9.68. The molecule has 0 radical (unpaired) electrons. The molecular weight excluding hydrogens is 552 g/mol. The van der Waals surface area contributed by atoms with Gasteiger partial charge in [-0.15, -0.1) is 0 Å². The molecule has 0 saturated carbocycles. The highest BCUT2D eigenvalue weighted by molar-refractivity contribution is 9.24. The number of nitrogens with zero attached hydrogens (tertiary/aromatic N) is 1. The lowest BCUT2D eigenvalue weighted by Gasteiger charge is -2.37. The van der Waals surface area contributed by atoms with E-state index in [9.17, 15) is 4.79 Å². The van der Waals surface area contributed by atoms with Crippen LogP contribution in [0.25, 0.3) is 0 Å². The predicted octanol–water partition coefficient (Wildman–Crippen LogP) is 10.2. The number of rotatable bonds is 22. The largest absolute Gasteiger partial charge is 0.268 e. The Morgan fingerprint density at radius 3 is 1.97 bits per heavy atom. The van der Waals surface area contributed by atoms with E-state index in [1.165, 1.54) is 109 Å². The van der Waals surface area contributed by atoms with E-state index in [0.717, 1.165) is 24.5 Å². The molecule has 1 aromatic rings. The number of halogens is 2. The van der Waals surface area contributed by atoms with E-state index in [1.54, 1.807) is 6.07 Å². The van der Waals surface area contributed by atoms with Crippen molar-refractivity contribution < 1.29 is 0 Å². The predicted molar refractivity (Wildman–Crippen MR) is 156 cm³/mol. The first-order chi connectivity index (χ1) is 16.5. The van der Waals surface area contributed by atoms with E-state index in [0.29, 0.717) is 3.74 Å². The van der Waals surface area contributed by atoms with Crippen molar-refractivity contribution in [2.24, 2.45) is 5.92 Å². The maximum atomic E-state index is 11.8. The number of aromatic nitrogens is 2. The second-order valence-corrected chi connectivity index (χ2v) is 13.9. The average Bonchev–Trinajstić information content (AvgIpc) is 2.82. The van der Waals surface area contributed by atoms with Gasteiger partial charge in [0.2, 0.25) is 0 Å². The molecule has 0 aliphatic heterocycles. The molecule has 5 heteroatoms. The Morgan fingerprint density at radius 2 is 1.38 bits per heavy atom. The van der Waals surface area contributed by atoms with Crippen LogP contribution in [0.4, 0.5) is 0 Å². The molecule has 0 bridgehead atoms. The monoisotopic (exact) mass is 602 g/mol. The van der Waals surface area contributed by atoms with Crippen molar-refractivity contribution in [3.05, 3.63) is 28.2 Å². The van der Waals surface area contributed by atoms with Gasteiger partial charge in [-0.05, 0) is 37.7 Å². The van der Waals surface area contributed by atoms with Crippen LogP contribution in [0, 0.1) is 5.92 Å². The second kappa shape index (κ2) is 20.0. The normalized spacial score (nSPS) is 14.4. The van der Waals surface area contributed by atoms with E-state index in [2.05, 4.69) is 62.8 Å². The van der Waals surface area contributed by atoms with Crippen LogP contribution in [0.5, 0.6) is 0 Å². The van der Waals surface area contributed by atoms with E-state index in [1.807, 2.05) is 6.07 Å². The summed E-state index contributed by atoms with van der Waals surface area (Å²) < 4.78 is 0.431. The van der Waals surface area contributed by atoms with Crippen molar-refractivity contribution in [2.75, 3.05) is 0 Å². The minimum absolute atomic E-state index is 0.0902. The molecule has 0 fully saturated rings. The first kappa shape index (κ1) is 31.9. The molecule has 1 rings (SSSR count). The van der Waals surface area contributed by atoms with Gasteiger partial charge < -0.3 is 0 Å². The smallest absolute Gasteiger partial charge is 0.264 e. The number of nitrogens with one attached hydrogen (secondary N) is 1. The Hall–Kier alpha value is -0.160. The Kier molecular flexibility index (Phi) is 18.7. The van der Waals surface area contributed by atoms with Crippen LogP contribution < -0.4 is 5.56 Å². The number of hydrogen-bond donors (Lipinski definition) is 1. The fraction of sp³-hybridized carbons (Fsp3) is 0.862. The molecule has 34 heavy (non-hydrogen) atoms. The summed E-state index contributed by atoms with van der Waals surface area (Å²) in [6.07, 6.45) is 24.4.